The monoisotopic (exact) mass is 196 g/mol. The summed E-state index contributed by atoms with van der Waals surface area (Å²) in [6, 6.07) is 0. The molecule has 0 aromatic carbocycles. The number of allylic oxidation sites excluding steroid dienone is 10. The highest BCUT2D eigenvalue weighted by atomic mass is 16.3. The Morgan fingerprint density at radius 3 is 2.47 bits per heavy atom. The maximum Gasteiger partial charge on any atom is 0.0684 e. The molecule has 1 nitrogen and oxygen atoms in total. The Kier molecular flexibility index (Phi) is 1.86. The fourth-order valence-corrected chi connectivity index (χ4v) is 2.41. The van der Waals surface area contributed by atoms with Gasteiger partial charge in [-0.1, -0.05) is 48.6 Å². The lowest BCUT2D eigenvalue weighted by molar-refractivity contribution is 0.333. The van der Waals surface area contributed by atoms with E-state index in [0.717, 1.165) is 5.57 Å². The number of hydrogen-bond donors (Lipinski definition) is 1. The largest absolute Gasteiger partial charge is 0.392 e. The summed E-state index contributed by atoms with van der Waals surface area (Å²) in [6.45, 7) is 0.122. The average Bonchev–Trinajstić information content (AvgIpc) is 2.30. The Balaban J connectivity index is 2.20. The van der Waals surface area contributed by atoms with Gasteiger partial charge in [0.2, 0.25) is 0 Å². The highest BCUT2D eigenvalue weighted by Gasteiger charge is 2.26. The summed E-state index contributed by atoms with van der Waals surface area (Å²) in [4.78, 5) is 0. The molecule has 0 fully saturated rings. The van der Waals surface area contributed by atoms with E-state index in [4.69, 9.17) is 0 Å². The third-order valence-corrected chi connectivity index (χ3v) is 3.14. The molecule has 0 bridgehead atoms. The Morgan fingerprint density at radius 1 is 0.933 bits per heavy atom. The van der Waals surface area contributed by atoms with Crippen molar-refractivity contribution in [2.45, 2.75) is 0 Å². The molecule has 3 aliphatic rings. The van der Waals surface area contributed by atoms with E-state index in [2.05, 4.69) is 42.5 Å². The zero-order valence-electron chi connectivity index (χ0n) is 8.35. The van der Waals surface area contributed by atoms with Crippen molar-refractivity contribution in [2.24, 2.45) is 5.92 Å². The third kappa shape index (κ3) is 1.20. The van der Waals surface area contributed by atoms with Gasteiger partial charge in [0.15, 0.2) is 0 Å². The van der Waals surface area contributed by atoms with Crippen LogP contribution in [0.3, 0.4) is 0 Å². The van der Waals surface area contributed by atoms with E-state index in [0.29, 0.717) is 5.92 Å². The average molecular weight is 196 g/mol. The van der Waals surface area contributed by atoms with Crippen LogP contribution < -0.4 is 0 Å². The van der Waals surface area contributed by atoms with Crippen molar-refractivity contribution in [3.05, 3.63) is 70.9 Å². The second-order valence-corrected chi connectivity index (χ2v) is 3.96. The van der Waals surface area contributed by atoms with Gasteiger partial charge in [-0.05, 0) is 22.3 Å². The summed E-state index contributed by atoms with van der Waals surface area (Å²) in [7, 11) is 0. The molecule has 0 saturated heterocycles. The van der Waals surface area contributed by atoms with Gasteiger partial charge in [0.05, 0.1) is 6.61 Å². The highest BCUT2D eigenvalue weighted by Crippen LogP contribution is 2.40. The number of aliphatic hydroxyl groups excluding tert-OH is 1. The molecule has 0 amide bonds. The molecule has 1 atom stereocenters. The summed E-state index contributed by atoms with van der Waals surface area (Å²) in [5, 5.41) is 9.29. The topological polar surface area (TPSA) is 20.2 Å². The first kappa shape index (κ1) is 8.69. The van der Waals surface area contributed by atoms with Crippen LogP contribution in [0.4, 0.5) is 0 Å². The van der Waals surface area contributed by atoms with Gasteiger partial charge in [0, 0.05) is 5.92 Å². The van der Waals surface area contributed by atoms with Gasteiger partial charge < -0.3 is 5.11 Å². The van der Waals surface area contributed by atoms with E-state index >= 15 is 0 Å². The molecule has 15 heavy (non-hydrogen) atoms. The van der Waals surface area contributed by atoms with Crippen molar-refractivity contribution >= 4 is 0 Å². The molecule has 0 heterocycles. The highest BCUT2D eigenvalue weighted by molar-refractivity contribution is 5.60. The fraction of sp³-hybridized carbons (Fsp3) is 0.143. The molecule has 0 aromatic rings. The lowest BCUT2D eigenvalue weighted by Crippen LogP contribution is -2.17. The Hall–Kier alpha value is -1.60. The minimum Gasteiger partial charge on any atom is -0.392 e. The first-order valence-electron chi connectivity index (χ1n) is 5.18. The SMILES string of the molecule is OCC1=C2C=CC=C3C=CC=C(C=C1)C32. The summed E-state index contributed by atoms with van der Waals surface area (Å²) < 4.78 is 0. The quantitative estimate of drug-likeness (QED) is 0.683. The molecule has 0 radical (unpaired) electrons. The van der Waals surface area contributed by atoms with Crippen molar-refractivity contribution in [3.8, 4) is 0 Å². The maximum atomic E-state index is 9.29. The molecule has 74 valence electrons. The smallest absolute Gasteiger partial charge is 0.0684 e. The zero-order valence-corrected chi connectivity index (χ0v) is 8.35. The second kappa shape index (κ2) is 3.21. The van der Waals surface area contributed by atoms with Crippen LogP contribution in [-0.2, 0) is 0 Å². The molecule has 1 heteroatoms. The number of rotatable bonds is 1. The van der Waals surface area contributed by atoms with Crippen LogP contribution in [0.5, 0.6) is 0 Å². The zero-order chi connectivity index (χ0) is 10.3. The van der Waals surface area contributed by atoms with E-state index in [1.54, 1.807) is 0 Å². The minimum absolute atomic E-state index is 0.122. The minimum atomic E-state index is 0.122. The first-order chi connectivity index (χ1) is 7.40. The van der Waals surface area contributed by atoms with Gasteiger partial charge in [-0.15, -0.1) is 0 Å². The van der Waals surface area contributed by atoms with Crippen molar-refractivity contribution in [1.29, 1.82) is 0 Å². The number of hydrogen-bond acceptors (Lipinski definition) is 1. The summed E-state index contributed by atoms with van der Waals surface area (Å²) in [5.74, 6) is 0.354. The summed E-state index contributed by atoms with van der Waals surface area (Å²) >= 11 is 0. The van der Waals surface area contributed by atoms with E-state index in [-0.39, 0.29) is 6.61 Å². The van der Waals surface area contributed by atoms with Crippen molar-refractivity contribution in [3.63, 3.8) is 0 Å². The molecular weight excluding hydrogens is 184 g/mol. The van der Waals surface area contributed by atoms with Crippen molar-refractivity contribution < 1.29 is 5.11 Å². The molecule has 1 unspecified atom stereocenters. The van der Waals surface area contributed by atoms with E-state index < -0.39 is 0 Å². The molecule has 0 aliphatic heterocycles. The lowest BCUT2D eigenvalue weighted by Gasteiger charge is -2.30. The summed E-state index contributed by atoms with van der Waals surface area (Å²) in [6.07, 6.45) is 16.8. The molecule has 0 spiro atoms. The summed E-state index contributed by atoms with van der Waals surface area (Å²) in [5.41, 5.74) is 4.92. The van der Waals surface area contributed by atoms with Crippen LogP contribution in [0.1, 0.15) is 0 Å². The van der Waals surface area contributed by atoms with Crippen LogP contribution in [0.25, 0.3) is 0 Å². The Morgan fingerprint density at radius 2 is 1.67 bits per heavy atom. The van der Waals surface area contributed by atoms with E-state index in [1.807, 2.05) is 6.08 Å². The maximum absolute atomic E-state index is 9.29. The Bertz CT molecular complexity index is 473. The third-order valence-electron chi connectivity index (χ3n) is 3.14. The molecular formula is C14H12O. The van der Waals surface area contributed by atoms with Gasteiger partial charge in [-0.2, -0.15) is 0 Å². The van der Waals surface area contributed by atoms with Gasteiger partial charge >= 0.3 is 0 Å². The van der Waals surface area contributed by atoms with Gasteiger partial charge in [-0.3, -0.25) is 0 Å². The van der Waals surface area contributed by atoms with Crippen molar-refractivity contribution in [1.82, 2.24) is 0 Å². The van der Waals surface area contributed by atoms with Crippen LogP contribution in [-0.4, -0.2) is 11.7 Å². The molecule has 0 saturated carbocycles. The number of aliphatic hydroxyl groups is 1. The lowest BCUT2D eigenvalue weighted by atomic mass is 9.74. The standard InChI is InChI=1S/C14H12O/c15-9-12-8-7-11-4-1-3-10-5-2-6-13(12)14(10)11/h1-8,14-15H,9H2. The fourth-order valence-electron chi connectivity index (χ4n) is 2.41. The molecule has 0 aromatic heterocycles. The van der Waals surface area contributed by atoms with Gasteiger partial charge in [0.25, 0.3) is 0 Å². The van der Waals surface area contributed by atoms with E-state index in [1.165, 1.54) is 16.7 Å². The Labute approximate surface area is 89.1 Å². The second-order valence-electron chi connectivity index (χ2n) is 3.96. The van der Waals surface area contributed by atoms with Crippen LogP contribution in [0, 0.1) is 5.92 Å². The van der Waals surface area contributed by atoms with Gasteiger partial charge in [0.1, 0.15) is 0 Å². The van der Waals surface area contributed by atoms with E-state index in [9.17, 15) is 5.11 Å². The first-order valence-corrected chi connectivity index (χ1v) is 5.18. The van der Waals surface area contributed by atoms with Crippen LogP contribution in [0.2, 0.25) is 0 Å². The predicted molar refractivity (Wildman–Crippen MR) is 61.2 cm³/mol. The predicted octanol–water partition coefficient (Wildman–Crippen LogP) is 2.45. The van der Waals surface area contributed by atoms with Crippen LogP contribution >= 0.6 is 0 Å². The van der Waals surface area contributed by atoms with Crippen LogP contribution in [0.15, 0.2) is 70.9 Å². The normalized spacial score (nSPS) is 26.3. The molecule has 3 aliphatic carbocycles. The molecule has 3 rings (SSSR count). The van der Waals surface area contributed by atoms with Crippen molar-refractivity contribution in [2.75, 3.05) is 6.61 Å². The molecule has 1 N–H and O–H groups in total. The van der Waals surface area contributed by atoms with Gasteiger partial charge in [-0.25, -0.2) is 0 Å².